The third-order valence-corrected chi connectivity index (χ3v) is 4.12. The molecule has 4 atom stereocenters. The summed E-state index contributed by atoms with van der Waals surface area (Å²) >= 11 is 0. The molecule has 0 aliphatic rings. The minimum Gasteiger partial charge on any atom is -0.480 e. The number of hydrogen-bond donors (Lipinski definition) is 7. The van der Waals surface area contributed by atoms with Crippen LogP contribution in [0.5, 0.6) is 0 Å². The zero-order valence-electron chi connectivity index (χ0n) is 17.3. The highest BCUT2D eigenvalue weighted by Crippen LogP contribution is 2.06. The predicted molar refractivity (Wildman–Crippen MR) is 107 cm³/mol. The number of aliphatic hydroxyl groups is 1. The lowest BCUT2D eigenvalue weighted by molar-refractivity contribution is -0.139. The van der Waals surface area contributed by atoms with Crippen molar-refractivity contribution in [2.45, 2.75) is 70.7 Å². The summed E-state index contributed by atoms with van der Waals surface area (Å²) in [7, 11) is 0. The highest BCUT2D eigenvalue weighted by Gasteiger charge is 2.30. The number of carbonyl (C=O) groups is 4. The maximum atomic E-state index is 12.7. The fraction of sp³-hybridized carbons (Fsp3) is 0.778. The first kappa shape index (κ1) is 26.8. The quantitative estimate of drug-likeness (QED) is 0.158. The van der Waals surface area contributed by atoms with Crippen LogP contribution in [0.3, 0.4) is 0 Å². The van der Waals surface area contributed by atoms with Crippen LogP contribution in [0.15, 0.2) is 0 Å². The number of carboxylic acid groups (broad SMARTS) is 1. The number of hydrogen-bond acceptors (Lipinski definition) is 7. The summed E-state index contributed by atoms with van der Waals surface area (Å²) in [4.78, 5) is 47.7. The Balaban J connectivity index is 5.16. The number of nitrogens with two attached hydrogens (primary N) is 2. The third kappa shape index (κ3) is 11.4. The lowest BCUT2D eigenvalue weighted by Gasteiger charge is -2.25. The van der Waals surface area contributed by atoms with Crippen LogP contribution in [-0.2, 0) is 19.2 Å². The zero-order valence-corrected chi connectivity index (χ0v) is 17.3. The average molecular weight is 418 g/mol. The average Bonchev–Trinajstić information content (AvgIpc) is 2.62. The standard InChI is InChI=1S/C18H35N5O6/c1-10(2)8-12(20)16(27)22-13(6-4-5-7-19)17(28)23-15(11(3)24)18(29)21-9-14(25)26/h10-13,15,24H,4-9,19-20H2,1-3H3,(H,21,29)(H,22,27)(H,23,28)(H,25,26). The Morgan fingerprint density at radius 1 is 0.966 bits per heavy atom. The molecule has 11 heteroatoms. The lowest BCUT2D eigenvalue weighted by Crippen LogP contribution is -2.58. The minimum absolute atomic E-state index is 0.192. The van der Waals surface area contributed by atoms with Crippen LogP contribution < -0.4 is 27.4 Å². The van der Waals surface area contributed by atoms with Crippen molar-refractivity contribution in [1.29, 1.82) is 0 Å². The number of carboxylic acids is 1. The first-order valence-corrected chi connectivity index (χ1v) is 9.73. The molecule has 3 amide bonds. The van der Waals surface area contributed by atoms with Gasteiger partial charge in [-0.25, -0.2) is 0 Å². The van der Waals surface area contributed by atoms with E-state index in [1.165, 1.54) is 6.92 Å². The van der Waals surface area contributed by atoms with Gasteiger partial charge in [0, 0.05) is 0 Å². The van der Waals surface area contributed by atoms with Crippen LogP contribution in [0.1, 0.15) is 46.5 Å². The number of amides is 3. The molecule has 0 radical (unpaired) electrons. The van der Waals surface area contributed by atoms with Crippen LogP contribution in [0.25, 0.3) is 0 Å². The number of aliphatic carboxylic acids is 1. The van der Waals surface area contributed by atoms with Crippen molar-refractivity contribution in [1.82, 2.24) is 16.0 Å². The Morgan fingerprint density at radius 2 is 1.59 bits per heavy atom. The maximum Gasteiger partial charge on any atom is 0.322 e. The molecule has 168 valence electrons. The first-order chi connectivity index (χ1) is 13.5. The third-order valence-electron chi connectivity index (χ3n) is 4.12. The van der Waals surface area contributed by atoms with Crippen molar-refractivity contribution in [2.24, 2.45) is 17.4 Å². The number of nitrogens with one attached hydrogen (secondary N) is 3. The van der Waals surface area contributed by atoms with E-state index in [2.05, 4.69) is 16.0 Å². The summed E-state index contributed by atoms with van der Waals surface area (Å²) in [5, 5.41) is 25.5. The van der Waals surface area contributed by atoms with Gasteiger partial charge in [0.25, 0.3) is 0 Å². The number of carbonyl (C=O) groups excluding carboxylic acids is 3. The van der Waals surface area contributed by atoms with E-state index in [4.69, 9.17) is 16.6 Å². The minimum atomic E-state index is -1.37. The number of aliphatic hydroxyl groups excluding tert-OH is 1. The van der Waals surface area contributed by atoms with E-state index < -0.39 is 54.5 Å². The summed E-state index contributed by atoms with van der Waals surface area (Å²) in [5.41, 5.74) is 11.3. The normalized spacial score (nSPS) is 15.1. The highest BCUT2D eigenvalue weighted by atomic mass is 16.4. The lowest BCUT2D eigenvalue weighted by atomic mass is 10.0. The SMILES string of the molecule is CC(C)CC(N)C(=O)NC(CCCCN)C(=O)NC(C(=O)NCC(=O)O)C(C)O. The summed E-state index contributed by atoms with van der Waals surface area (Å²) in [6.07, 6.45) is 0.620. The Morgan fingerprint density at radius 3 is 2.07 bits per heavy atom. The molecular formula is C18H35N5O6. The van der Waals surface area contributed by atoms with Crippen molar-refractivity contribution < 1.29 is 29.4 Å². The molecular weight excluding hydrogens is 382 g/mol. The molecule has 0 saturated carbocycles. The topological polar surface area (TPSA) is 197 Å². The van der Waals surface area contributed by atoms with Crippen molar-refractivity contribution in [3.05, 3.63) is 0 Å². The molecule has 4 unspecified atom stereocenters. The highest BCUT2D eigenvalue weighted by molar-refractivity contribution is 5.93. The second-order valence-electron chi connectivity index (χ2n) is 7.42. The van der Waals surface area contributed by atoms with Gasteiger partial charge in [0.15, 0.2) is 0 Å². The molecule has 0 rings (SSSR count). The van der Waals surface area contributed by atoms with Gasteiger partial charge in [0.1, 0.15) is 18.6 Å². The summed E-state index contributed by atoms with van der Waals surface area (Å²) in [5.74, 6) is -3.09. The summed E-state index contributed by atoms with van der Waals surface area (Å²) in [6.45, 7) is 4.89. The van der Waals surface area contributed by atoms with Gasteiger partial charge >= 0.3 is 5.97 Å². The molecule has 9 N–H and O–H groups in total. The van der Waals surface area contributed by atoms with Crippen LogP contribution in [-0.4, -0.2) is 71.2 Å². The Kier molecular flexibility index (Phi) is 12.8. The Bertz CT molecular complexity index is 555. The molecule has 0 aromatic rings. The number of rotatable bonds is 14. The molecule has 0 spiro atoms. The molecule has 0 saturated heterocycles. The van der Waals surface area contributed by atoms with Crippen molar-refractivity contribution in [3.8, 4) is 0 Å². The molecule has 0 heterocycles. The molecule has 11 nitrogen and oxygen atoms in total. The van der Waals surface area contributed by atoms with Gasteiger partial charge in [-0.3, -0.25) is 19.2 Å². The summed E-state index contributed by atoms with van der Waals surface area (Å²) < 4.78 is 0. The van der Waals surface area contributed by atoms with Gasteiger partial charge < -0.3 is 37.6 Å². The Labute approximate surface area is 171 Å². The van der Waals surface area contributed by atoms with E-state index in [-0.39, 0.29) is 12.3 Å². The maximum absolute atomic E-state index is 12.7. The van der Waals surface area contributed by atoms with E-state index in [9.17, 15) is 24.3 Å². The van der Waals surface area contributed by atoms with Crippen LogP contribution in [0.2, 0.25) is 0 Å². The molecule has 0 bridgehead atoms. The van der Waals surface area contributed by atoms with Gasteiger partial charge in [-0.2, -0.15) is 0 Å². The van der Waals surface area contributed by atoms with E-state index in [1.807, 2.05) is 13.8 Å². The van der Waals surface area contributed by atoms with E-state index in [0.29, 0.717) is 25.8 Å². The molecule has 0 aromatic carbocycles. The predicted octanol–water partition coefficient (Wildman–Crippen LogP) is -1.96. The van der Waals surface area contributed by atoms with E-state index >= 15 is 0 Å². The second kappa shape index (κ2) is 13.9. The summed E-state index contributed by atoms with van der Waals surface area (Å²) in [6, 6.07) is -3.13. The van der Waals surface area contributed by atoms with E-state index in [1.54, 1.807) is 0 Å². The monoisotopic (exact) mass is 417 g/mol. The molecule has 0 aliphatic heterocycles. The smallest absolute Gasteiger partial charge is 0.322 e. The van der Waals surface area contributed by atoms with Crippen molar-refractivity contribution in [2.75, 3.05) is 13.1 Å². The molecule has 0 aromatic heterocycles. The molecule has 0 aliphatic carbocycles. The largest absolute Gasteiger partial charge is 0.480 e. The fourth-order valence-corrected chi connectivity index (χ4v) is 2.59. The van der Waals surface area contributed by atoms with Gasteiger partial charge in [-0.05, 0) is 45.1 Å². The van der Waals surface area contributed by atoms with Gasteiger partial charge in [-0.15, -0.1) is 0 Å². The van der Waals surface area contributed by atoms with Gasteiger partial charge in [0.2, 0.25) is 17.7 Å². The van der Waals surface area contributed by atoms with Crippen LogP contribution >= 0.6 is 0 Å². The van der Waals surface area contributed by atoms with Gasteiger partial charge in [0.05, 0.1) is 12.1 Å². The fourth-order valence-electron chi connectivity index (χ4n) is 2.59. The van der Waals surface area contributed by atoms with Gasteiger partial charge in [-0.1, -0.05) is 13.8 Å². The molecule has 29 heavy (non-hydrogen) atoms. The zero-order chi connectivity index (χ0) is 22.6. The number of unbranched alkanes of at least 4 members (excludes halogenated alkanes) is 1. The first-order valence-electron chi connectivity index (χ1n) is 9.73. The second-order valence-corrected chi connectivity index (χ2v) is 7.42. The van der Waals surface area contributed by atoms with Crippen molar-refractivity contribution >= 4 is 23.7 Å². The van der Waals surface area contributed by atoms with Crippen molar-refractivity contribution in [3.63, 3.8) is 0 Å². The van der Waals surface area contributed by atoms with Crippen LogP contribution in [0, 0.1) is 5.92 Å². The van der Waals surface area contributed by atoms with E-state index in [0.717, 1.165) is 0 Å². The van der Waals surface area contributed by atoms with Crippen LogP contribution in [0.4, 0.5) is 0 Å². The molecule has 0 fully saturated rings. The Hall–Kier alpha value is -2.24.